The predicted octanol–water partition coefficient (Wildman–Crippen LogP) is 4.14. The molecule has 2 aromatic carbocycles. The van der Waals surface area contributed by atoms with E-state index in [1.54, 1.807) is 17.0 Å². The van der Waals surface area contributed by atoms with Gasteiger partial charge in [-0.15, -0.1) is 10.2 Å². The van der Waals surface area contributed by atoms with Gasteiger partial charge in [-0.2, -0.15) is 5.10 Å². The van der Waals surface area contributed by atoms with E-state index in [9.17, 15) is 4.79 Å². The van der Waals surface area contributed by atoms with Crippen LogP contribution in [0.4, 0.5) is 5.82 Å². The average Bonchev–Trinajstić information content (AvgIpc) is 3.57. The molecular weight excluding hydrogens is 450 g/mol. The molecular formula is C24H21N7O2S. The fourth-order valence-corrected chi connectivity index (χ4v) is 4.13. The van der Waals surface area contributed by atoms with Crippen LogP contribution >= 0.6 is 11.8 Å². The standard InChI is InChI=1S/C24H21N7O2S/c1-16-19(12-13-33-16)23-27-28-24(30(23)25)34-15-22(32)26-21-14-20(17-8-4-2-5-9-17)29-31(21)18-10-6-3-7-11-18/h2-14H,15,25H2,1H3,(H,26,32). The van der Waals surface area contributed by atoms with Gasteiger partial charge in [0.15, 0.2) is 5.82 Å². The minimum atomic E-state index is -0.217. The lowest BCUT2D eigenvalue weighted by atomic mass is 10.2. The molecule has 0 unspecified atom stereocenters. The molecule has 5 aromatic rings. The van der Waals surface area contributed by atoms with Gasteiger partial charge in [-0.05, 0) is 25.1 Å². The summed E-state index contributed by atoms with van der Waals surface area (Å²) in [5.74, 6) is 7.77. The molecule has 34 heavy (non-hydrogen) atoms. The Morgan fingerprint density at radius 2 is 1.79 bits per heavy atom. The van der Waals surface area contributed by atoms with E-state index in [0.29, 0.717) is 22.6 Å². The lowest BCUT2D eigenvalue weighted by Gasteiger charge is -2.08. The number of furan rings is 1. The Bertz CT molecular complexity index is 1420. The van der Waals surface area contributed by atoms with Gasteiger partial charge < -0.3 is 15.6 Å². The van der Waals surface area contributed by atoms with E-state index in [-0.39, 0.29) is 11.7 Å². The first-order valence-corrected chi connectivity index (χ1v) is 11.5. The molecule has 3 aromatic heterocycles. The summed E-state index contributed by atoms with van der Waals surface area (Å²) in [6.45, 7) is 1.82. The number of nitrogens with zero attached hydrogens (tertiary/aromatic N) is 5. The summed E-state index contributed by atoms with van der Waals surface area (Å²) in [4.78, 5) is 12.8. The smallest absolute Gasteiger partial charge is 0.236 e. The van der Waals surface area contributed by atoms with Gasteiger partial charge in [0, 0.05) is 11.6 Å². The number of benzene rings is 2. The molecule has 9 nitrogen and oxygen atoms in total. The van der Waals surface area contributed by atoms with Gasteiger partial charge in [-0.1, -0.05) is 60.3 Å². The Labute approximate surface area is 199 Å². The molecule has 5 rings (SSSR count). The van der Waals surface area contributed by atoms with Crippen molar-refractivity contribution in [2.45, 2.75) is 12.1 Å². The first-order valence-electron chi connectivity index (χ1n) is 10.5. The van der Waals surface area contributed by atoms with E-state index in [1.165, 1.54) is 16.4 Å². The third-order valence-electron chi connectivity index (χ3n) is 5.14. The number of thioether (sulfide) groups is 1. The molecule has 0 fully saturated rings. The zero-order valence-electron chi connectivity index (χ0n) is 18.3. The average molecular weight is 472 g/mol. The molecule has 0 aliphatic heterocycles. The fraction of sp³-hybridized carbons (Fsp3) is 0.0833. The van der Waals surface area contributed by atoms with Gasteiger partial charge in [0.25, 0.3) is 0 Å². The van der Waals surface area contributed by atoms with E-state index >= 15 is 0 Å². The van der Waals surface area contributed by atoms with Crippen molar-refractivity contribution in [3.05, 3.63) is 84.8 Å². The maximum Gasteiger partial charge on any atom is 0.236 e. The number of carbonyl (C=O) groups excluding carboxylic acids is 1. The van der Waals surface area contributed by atoms with E-state index in [2.05, 4.69) is 15.5 Å². The van der Waals surface area contributed by atoms with Crippen molar-refractivity contribution in [3.63, 3.8) is 0 Å². The number of para-hydroxylation sites is 1. The number of hydrogen-bond donors (Lipinski definition) is 2. The number of rotatable bonds is 7. The molecule has 3 heterocycles. The van der Waals surface area contributed by atoms with Crippen molar-refractivity contribution in [1.29, 1.82) is 0 Å². The lowest BCUT2D eigenvalue weighted by Crippen LogP contribution is -2.18. The van der Waals surface area contributed by atoms with Crippen molar-refractivity contribution < 1.29 is 9.21 Å². The van der Waals surface area contributed by atoms with Crippen LogP contribution < -0.4 is 11.2 Å². The van der Waals surface area contributed by atoms with Crippen LogP contribution in [0.5, 0.6) is 0 Å². The van der Waals surface area contributed by atoms with E-state index in [4.69, 9.17) is 15.4 Å². The predicted molar refractivity (Wildman–Crippen MR) is 131 cm³/mol. The van der Waals surface area contributed by atoms with Crippen LogP contribution in [0.1, 0.15) is 5.76 Å². The SMILES string of the molecule is Cc1occc1-c1nnc(SCC(=O)Nc2cc(-c3ccccc3)nn2-c2ccccc2)n1N. The summed E-state index contributed by atoms with van der Waals surface area (Å²) in [6, 6.07) is 23.1. The molecule has 0 atom stereocenters. The number of hydrogen-bond acceptors (Lipinski definition) is 7. The van der Waals surface area contributed by atoms with E-state index in [1.807, 2.05) is 73.7 Å². The highest BCUT2D eigenvalue weighted by Crippen LogP contribution is 2.27. The van der Waals surface area contributed by atoms with Gasteiger partial charge in [-0.25, -0.2) is 9.36 Å². The summed E-state index contributed by atoms with van der Waals surface area (Å²) in [5.41, 5.74) is 3.32. The Hall–Kier alpha value is -4.31. The summed E-state index contributed by atoms with van der Waals surface area (Å²) in [5, 5.41) is 16.3. The first-order chi connectivity index (χ1) is 16.6. The molecule has 0 radical (unpaired) electrons. The van der Waals surface area contributed by atoms with Crippen LogP contribution in [0.3, 0.4) is 0 Å². The monoisotopic (exact) mass is 471 g/mol. The van der Waals surface area contributed by atoms with E-state index in [0.717, 1.165) is 22.5 Å². The second-order valence-electron chi connectivity index (χ2n) is 7.43. The highest BCUT2D eigenvalue weighted by atomic mass is 32.2. The number of aryl methyl sites for hydroxylation is 1. The van der Waals surface area contributed by atoms with Crippen molar-refractivity contribution in [1.82, 2.24) is 24.7 Å². The van der Waals surface area contributed by atoms with Crippen LogP contribution in [0.15, 0.2) is 88.6 Å². The molecule has 0 aliphatic carbocycles. The summed E-state index contributed by atoms with van der Waals surface area (Å²) < 4.78 is 8.39. The first kappa shape index (κ1) is 21.5. The highest BCUT2D eigenvalue weighted by molar-refractivity contribution is 7.99. The molecule has 0 saturated carbocycles. The lowest BCUT2D eigenvalue weighted by molar-refractivity contribution is -0.113. The highest BCUT2D eigenvalue weighted by Gasteiger charge is 2.18. The second-order valence-corrected chi connectivity index (χ2v) is 8.37. The Morgan fingerprint density at radius 1 is 1.06 bits per heavy atom. The van der Waals surface area contributed by atoms with Crippen LogP contribution in [-0.2, 0) is 4.79 Å². The Kier molecular flexibility index (Phi) is 5.88. The van der Waals surface area contributed by atoms with Crippen molar-refractivity contribution in [2.24, 2.45) is 0 Å². The van der Waals surface area contributed by atoms with Crippen molar-refractivity contribution in [3.8, 4) is 28.3 Å². The van der Waals surface area contributed by atoms with Gasteiger partial charge in [0.05, 0.1) is 29.0 Å². The van der Waals surface area contributed by atoms with Gasteiger partial charge in [0.2, 0.25) is 11.1 Å². The van der Waals surface area contributed by atoms with Crippen LogP contribution in [0, 0.1) is 6.92 Å². The number of aromatic nitrogens is 5. The van der Waals surface area contributed by atoms with Gasteiger partial charge in [0.1, 0.15) is 11.6 Å². The summed E-state index contributed by atoms with van der Waals surface area (Å²) in [6.07, 6.45) is 1.57. The number of nitrogens with two attached hydrogens (primary N) is 1. The van der Waals surface area contributed by atoms with Crippen molar-refractivity contribution in [2.75, 3.05) is 16.9 Å². The molecule has 0 saturated heterocycles. The molecule has 1 amide bonds. The zero-order valence-corrected chi connectivity index (χ0v) is 19.1. The maximum atomic E-state index is 12.8. The molecule has 10 heteroatoms. The molecule has 0 bridgehead atoms. The van der Waals surface area contributed by atoms with E-state index < -0.39 is 0 Å². The zero-order chi connectivity index (χ0) is 23.5. The van der Waals surface area contributed by atoms with Crippen LogP contribution in [0.2, 0.25) is 0 Å². The third kappa shape index (κ3) is 4.30. The fourth-order valence-electron chi connectivity index (χ4n) is 3.47. The van der Waals surface area contributed by atoms with Crippen molar-refractivity contribution >= 4 is 23.5 Å². The Morgan fingerprint density at radius 3 is 2.50 bits per heavy atom. The normalized spacial score (nSPS) is 11.0. The molecule has 170 valence electrons. The second kappa shape index (κ2) is 9.28. The summed E-state index contributed by atoms with van der Waals surface area (Å²) in [7, 11) is 0. The number of carbonyl (C=O) groups is 1. The molecule has 3 N–H and O–H groups in total. The van der Waals surface area contributed by atoms with Gasteiger partial charge >= 0.3 is 0 Å². The topological polar surface area (TPSA) is 117 Å². The molecule has 0 spiro atoms. The maximum absolute atomic E-state index is 12.8. The quantitative estimate of drug-likeness (QED) is 0.271. The van der Waals surface area contributed by atoms with Crippen LogP contribution in [0.25, 0.3) is 28.3 Å². The number of anilines is 1. The summed E-state index contributed by atoms with van der Waals surface area (Å²) >= 11 is 1.20. The largest absolute Gasteiger partial charge is 0.469 e. The Balaban J connectivity index is 1.34. The van der Waals surface area contributed by atoms with Crippen LogP contribution in [-0.4, -0.2) is 36.3 Å². The molecule has 0 aliphatic rings. The third-order valence-corrected chi connectivity index (χ3v) is 6.09. The minimum absolute atomic E-state index is 0.0976. The minimum Gasteiger partial charge on any atom is -0.469 e. The number of amides is 1. The van der Waals surface area contributed by atoms with Gasteiger partial charge in [-0.3, -0.25) is 4.79 Å². The number of nitrogen functional groups attached to an aromatic ring is 1. The number of nitrogens with one attached hydrogen (secondary N) is 1.